The van der Waals surface area contributed by atoms with E-state index in [0.717, 1.165) is 31.5 Å². The number of hydrogen-bond acceptors (Lipinski definition) is 3. The molecule has 0 bridgehead atoms. The highest BCUT2D eigenvalue weighted by Gasteiger charge is 2.37. The Balaban J connectivity index is 1.81. The maximum Gasteiger partial charge on any atom is 0.238 e. The smallest absolute Gasteiger partial charge is 0.238 e. The molecule has 0 aliphatic carbocycles. The van der Waals surface area contributed by atoms with E-state index in [2.05, 4.69) is 17.3 Å². The molecule has 108 valence electrons. The summed E-state index contributed by atoms with van der Waals surface area (Å²) in [6, 6.07) is 8.11. The number of amides is 1. The molecule has 2 aliphatic rings. The number of hydrogen-bond donors (Lipinski definition) is 1. The van der Waals surface area contributed by atoms with E-state index in [1.54, 1.807) is 0 Å². The zero-order valence-corrected chi connectivity index (χ0v) is 12.4. The van der Waals surface area contributed by atoms with Crippen molar-refractivity contribution in [1.82, 2.24) is 15.1 Å². The van der Waals surface area contributed by atoms with Crippen molar-refractivity contribution >= 4 is 17.5 Å². The molecule has 2 heterocycles. The minimum absolute atomic E-state index is 0.0328. The van der Waals surface area contributed by atoms with Gasteiger partial charge < -0.3 is 9.80 Å². The zero-order valence-electron chi connectivity index (χ0n) is 11.7. The molecule has 1 aromatic rings. The van der Waals surface area contributed by atoms with Crippen molar-refractivity contribution in [1.29, 1.82) is 0 Å². The van der Waals surface area contributed by atoms with Crippen LogP contribution in [-0.2, 0) is 4.79 Å². The van der Waals surface area contributed by atoms with E-state index in [1.165, 1.54) is 0 Å². The molecule has 1 N–H and O–H groups in total. The maximum atomic E-state index is 12.2. The first kappa shape index (κ1) is 13.9. The number of rotatable bonds is 2. The standard InChI is InChI=1S/C15H20ClN3O/c1-18-7-5-13(6-8-18)19-14(20)10-17-15(19)11-3-2-4-12(16)9-11/h2-4,9,13,15,17H,5-8,10H2,1H3. The highest BCUT2D eigenvalue weighted by Crippen LogP contribution is 2.30. The molecule has 0 saturated carbocycles. The second-order valence-corrected chi connectivity index (χ2v) is 6.11. The fourth-order valence-corrected chi connectivity index (χ4v) is 3.36. The summed E-state index contributed by atoms with van der Waals surface area (Å²) in [5.41, 5.74) is 1.07. The predicted octanol–water partition coefficient (Wildman–Crippen LogP) is 1.86. The minimum atomic E-state index is -0.0328. The van der Waals surface area contributed by atoms with Gasteiger partial charge in [0, 0.05) is 11.1 Å². The molecule has 20 heavy (non-hydrogen) atoms. The van der Waals surface area contributed by atoms with Crippen LogP contribution in [-0.4, -0.2) is 48.4 Å². The van der Waals surface area contributed by atoms with E-state index >= 15 is 0 Å². The van der Waals surface area contributed by atoms with Crippen molar-refractivity contribution in [2.75, 3.05) is 26.7 Å². The molecule has 2 saturated heterocycles. The monoisotopic (exact) mass is 293 g/mol. The Hall–Kier alpha value is -1.10. The number of piperidine rings is 1. The molecule has 1 aromatic carbocycles. The number of nitrogens with zero attached hydrogens (tertiary/aromatic N) is 2. The first-order valence-corrected chi connectivity index (χ1v) is 7.51. The van der Waals surface area contributed by atoms with E-state index in [-0.39, 0.29) is 12.1 Å². The van der Waals surface area contributed by atoms with Gasteiger partial charge in [-0.25, -0.2) is 0 Å². The quantitative estimate of drug-likeness (QED) is 0.904. The minimum Gasteiger partial charge on any atom is -0.319 e. The van der Waals surface area contributed by atoms with Gasteiger partial charge in [0.2, 0.25) is 5.91 Å². The van der Waals surface area contributed by atoms with Crippen molar-refractivity contribution in [3.63, 3.8) is 0 Å². The normalized spacial score (nSPS) is 25.4. The summed E-state index contributed by atoms with van der Waals surface area (Å²) in [5, 5.41) is 4.03. The molecule has 0 aromatic heterocycles. The van der Waals surface area contributed by atoms with Gasteiger partial charge in [0.15, 0.2) is 0 Å². The highest BCUT2D eigenvalue weighted by atomic mass is 35.5. The Morgan fingerprint density at radius 1 is 1.30 bits per heavy atom. The second-order valence-electron chi connectivity index (χ2n) is 5.67. The fourth-order valence-electron chi connectivity index (χ4n) is 3.16. The Morgan fingerprint density at radius 3 is 2.75 bits per heavy atom. The van der Waals surface area contributed by atoms with Gasteiger partial charge in [0.1, 0.15) is 6.17 Å². The van der Waals surface area contributed by atoms with Crippen LogP contribution in [0.15, 0.2) is 24.3 Å². The van der Waals surface area contributed by atoms with E-state index in [4.69, 9.17) is 11.6 Å². The average molecular weight is 294 g/mol. The summed E-state index contributed by atoms with van der Waals surface area (Å²) in [7, 11) is 2.13. The maximum absolute atomic E-state index is 12.2. The van der Waals surface area contributed by atoms with Gasteiger partial charge in [0.05, 0.1) is 6.54 Å². The van der Waals surface area contributed by atoms with E-state index in [1.807, 2.05) is 29.2 Å². The molecule has 5 heteroatoms. The van der Waals surface area contributed by atoms with Crippen LogP contribution in [0.1, 0.15) is 24.6 Å². The first-order valence-electron chi connectivity index (χ1n) is 7.14. The third kappa shape index (κ3) is 2.68. The van der Waals surface area contributed by atoms with E-state index in [9.17, 15) is 4.79 Å². The Kier molecular flexibility index (Phi) is 3.96. The fraction of sp³-hybridized carbons (Fsp3) is 0.533. The van der Waals surface area contributed by atoms with Crippen molar-refractivity contribution in [3.05, 3.63) is 34.9 Å². The number of carbonyl (C=O) groups excluding carboxylic acids is 1. The Morgan fingerprint density at radius 2 is 2.05 bits per heavy atom. The number of benzene rings is 1. The highest BCUT2D eigenvalue weighted by molar-refractivity contribution is 6.30. The zero-order chi connectivity index (χ0) is 14.1. The van der Waals surface area contributed by atoms with Gasteiger partial charge in [0.25, 0.3) is 0 Å². The third-order valence-corrected chi connectivity index (χ3v) is 4.49. The van der Waals surface area contributed by atoms with Gasteiger partial charge in [-0.1, -0.05) is 23.7 Å². The number of likely N-dealkylation sites (tertiary alicyclic amines) is 1. The van der Waals surface area contributed by atoms with E-state index in [0.29, 0.717) is 17.6 Å². The van der Waals surface area contributed by atoms with Crippen LogP contribution in [0, 0.1) is 0 Å². The molecule has 1 amide bonds. The summed E-state index contributed by atoms with van der Waals surface area (Å²) in [6.45, 7) is 2.52. The van der Waals surface area contributed by atoms with Crippen LogP contribution in [0.4, 0.5) is 0 Å². The van der Waals surface area contributed by atoms with Crippen LogP contribution in [0.3, 0.4) is 0 Å². The third-order valence-electron chi connectivity index (χ3n) is 4.26. The lowest BCUT2D eigenvalue weighted by atomic mass is 10.0. The SMILES string of the molecule is CN1CCC(N2C(=O)CNC2c2cccc(Cl)c2)CC1. The lowest BCUT2D eigenvalue weighted by Crippen LogP contribution is -2.46. The lowest BCUT2D eigenvalue weighted by molar-refractivity contribution is -0.131. The van der Waals surface area contributed by atoms with Gasteiger partial charge in [-0.3, -0.25) is 10.1 Å². The molecule has 0 radical (unpaired) electrons. The second kappa shape index (κ2) is 5.72. The van der Waals surface area contributed by atoms with Crippen molar-refractivity contribution in [2.24, 2.45) is 0 Å². The van der Waals surface area contributed by atoms with E-state index < -0.39 is 0 Å². The molecular weight excluding hydrogens is 274 g/mol. The molecule has 0 spiro atoms. The molecular formula is C15H20ClN3O. The van der Waals surface area contributed by atoms with Gasteiger partial charge in [-0.15, -0.1) is 0 Å². The number of carbonyl (C=O) groups is 1. The van der Waals surface area contributed by atoms with Gasteiger partial charge in [-0.2, -0.15) is 0 Å². The first-order chi connectivity index (χ1) is 9.65. The summed E-state index contributed by atoms with van der Waals surface area (Å²) >= 11 is 6.07. The van der Waals surface area contributed by atoms with Gasteiger partial charge in [-0.05, 0) is 50.7 Å². The average Bonchev–Trinajstić information content (AvgIpc) is 2.82. The van der Waals surface area contributed by atoms with Gasteiger partial charge >= 0.3 is 0 Å². The van der Waals surface area contributed by atoms with Crippen molar-refractivity contribution in [2.45, 2.75) is 25.0 Å². The molecule has 1 atom stereocenters. The largest absolute Gasteiger partial charge is 0.319 e. The van der Waals surface area contributed by atoms with Crippen LogP contribution in [0.5, 0.6) is 0 Å². The molecule has 3 rings (SSSR count). The Bertz CT molecular complexity index is 500. The van der Waals surface area contributed by atoms with Crippen LogP contribution in [0.25, 0.3) is 0 Å². The predicted molar refractivity (Wildman–Crippen MR) is 79.6 cm³/mol. The van der Waals surface area contributed by atoms with Crippen LogP contribution < -0.4 is 5.32 Å². The molecule has 1 unspecified atom stereocenters. The van der Waals surface area contributed by atoms with Crippen molar-refractivity contribution in [3.8, 4) is 0 Å². The number of nitrogens with one attached hydrogen (secondary N) is 1. The lowest BCUT2D eigenvalue weighted by Gasteiger charge is -2.38. The summed E-state index contributed by atoms with van der Waals surface area (Å²) < 4.78 is 0. The summed E-state index contributed by atoms with van der Waals surface area (Å²) in [5.74, 6) is 0.199. The molecule has 4 nitrogen and oxygen atoms in total. The molecule has 2 aliphatic heterocycles. The number of halogens is 1. The Labute approximate surface area is 124 Å². The summed E-state index contributed by atoms with van der Waals surface area (Å²) in [6.07, 6.45) is 2.05. The topological polar surface area (TPSA) is 35.6 Å². The van der Waals surface area contributed by atoms with Crippen molar-refractivity contribution < 1.29 is 4.79 Å². The van der Waals surface area contributed by atoms with Crippen LogP contribution in [0.2, 0.25) is 5.02 Å². The summed E-state index contributed by atoms with van der Waals surface area (Å²) in [4.78, 5) is 16.6. The van der Waals surface area contributed by atoms with Crippen LogP contribution >= 0.6 is 11.6 Å². The molecule has 2 fully saturated rings.